The number of carbonyl (C=O) groups excluding carboxylic acids is 1. The van der Waals surface area contributed by atoms with Gasteiger partial charge in [0.05, 0.1) is 12.3 Å². The number of carbonyl (C=O) groups is 1. The van der Waals surface area contributed by atoms with Gasteiger partial charge in [0.2, 0.25) is 5.91 Å². The van der Waals surface area contributed by atoms with E-state index >= 15 is 0 Å². The summed E-state index contributed by atoms with van der Waals surface area (Å²) in [6, 6.07) is 3.09. The van der Waals surface area contributed by atoms with Gasteiger partial charge in [-0.2, -0.15) is 17.4 Å². The van der Waals surface area contributed by atoms with E-state index in [0.717, 1.165) is 12.8 Å². The number of hydrogen-bond acceptors (Lipinski definition) is 4. The first-order valence-electron chi connectivity index (χ1n) is 7.15. The topological polar surface area (TPSA) is 91.7 Å². The highest BCUT2D eigenvalue weighted by molar-refractivity contribution is 7.87. The molecule has 2 fully saturated rings. The Morgan fingerprint density at radius 1 is 1.38 bits per heavy atom. The molecule has 2 aliphatic rings. The lowest BCUT2D eigenvalue weighted by molar-refractivity contribution is -0.122. The van der Waals surface area contributed by atoms with Gasteiger partial charge in [-0.25, -0.2) is 0 Å². The molecule has 2 saturated heterocycles. The number of furan rings is 1. The standard InChI is InChI=1S/C13H19N3O4S/c17-13-6-5-10(9-14-13)15-21(18,19)16-7-1-3-11(16)12-4-2-8-20-12/h2,4,8,10-11,15H,1,3,5-7,9H2,(H,14,17)/t10-,11-/m0/s1. The second-order valence-corrected chi connectivity index (χ2v) is 7.10. The first kappa shape index (κ1) is 14.6. The van der Waals surface area contributed by atoms with Gasteiger partial charge in [-0.3, -0.25) is 4.79 Å². The molecule has 8 heteroatoms. The van der Waals surface area contributed by atoms with Crippen LogP contribution in [0.1, 0.15) is 37.5 Å². The van der Waals surface area contributed by atoms with Crippen molar-refractivity contribution in [2.24, 2.45) is 0 Å². The zero-order chi connectivity index (χ0) is 14.9. The Balaban J connectivity index is 1.70. The summed E-state index contributed by atoms with van der Waals surface area (Å²) in [6.07, 6.45) is 4.02. The Labute approximate surface area is 123 Å². The predicted octanol–water partition coefficient (Wildman–Crippen LogP) is 0.529. The molecule has 2 N–H and O–H groups in total. The molecule has 0 bridgehead atoms. The Kier molecular flexibility index (Phi) is 4.01. The van der Waals surface area contributed by atoms with Crippen molar-refractivity contribution in [1.29, 1.82) is 0 Å². The predicted molar refractivity (Wildman–Crippen MR) is 75.5 cm³/mol. The molecule has 2 aliphatic heterocycles. The normalized spacial score (nSPS) is 27.7. The Bertz CT molecular complexity index is 589. The van der Waals surface area contributed by atoms with Crippen LogP contribution in [0.15, 0.2) is 22.8 Å². The van der Waals surface area contributed by atoms with Gasteiger partial charge in [-0.05, 0) is 31.4 Å². The summed E-state index contributed by atoms with van der Waals surface area (Å²) >= 11 is 0. The number of piperidine rings is 1. The van der Waals surface area contributed by atoms with Crippen molar-refractivity contribution in [2.45, 2.75) is 37.8 Å². The lowest BCUT2D eigenvalue weighted by atomic mass is 10.1. The van der Waals surface area contributed by atoms with Gasteiger partial charge in [-0.15, -0.1) is 0 Å². The SMILES string of the molecule is O=C1CC[C@H](NS(=O)(=O)N2CCC[C@H]2c2ccco2)CN1. The molecule has 1 amide bonds. The van der Waals surface area contributed by atoms with Gasteiger partial charge < -0.3 is 9.73 Å². The summed E-state index contributed by atoms with van der Waals surface area (Å²) in [7, 11) is -3.58. The smallest absolute Gasteiger partial charge is 0.280 e. The number of amides is 1. The summed E-state index contributed by atoms with van der Waals surface area (Å²) in [5.41, 5.74) is 0. The minimum absolute atomic E-state index is 0.0277. The fraction of sp³-hybridized carbons (Fsp3) is 0.615. The lowest BCUT2D eigenvalue weighted by Gasteiger charge is -2.28. The monoisotopic (exact) mass is 313 g/mol. The molecule has 1 aromatic rings. The molecule has 3 rings (SSSR count). The van der Waals surface area contributed by atoms with Gasteiger partial charge in [0.1, 0.15) is 5.76 Å². The lowest BCUT2D eigenvalue weighted by Crippen LogP contribution is -2.51. The maximum atomic E-state index is 12.5. The zero-order valence-corrected chi connectivity index (χ0v) is 12.4. The van der Waals surface area contributed by atoms with Crippen LogP contribution in [0, 0.1) is 0 Å². The Morgan fingerprint density at radius 3 is 2.90 bits per heavy atom. The van der Waals surface area contributed by atoms with Gasteiger partial charge >= 0.3 is 0 Å². The summed E-state index contributed by atoms with van der Waals surface area (Å²) in [6.45, 7) is 0.830. The fourth-order valence-electron chi connectivity index (χ4n) is 2.90. The third-order valence-electron chi connectivity index (χ3n) is 3.97. The van der Waals surface area contributed by atoms with E-state index in [-0.39, 0.29) is 18.0 Å². The summed E-state index contributed by atoms with van der Waals surface area (Å²) in [5.74, 6) is 0.648. The van der Waals surface area contributed by atoms with Gasteiger partial charge in [0.15, 0.2) is 0 Å². The van der Waals surface area contributed by atoms with E-state index < -0.39 is 10.2 Å². The van der Waals surface area contributed by atoms with Crippen molar-refractivity contribution in [3.63, 3.8) is 0 Å². The van der Waals surface area contributed by atoms with E-state index in [1.165, 1.54) is 4.31 Å². The van der Waals surface area contributed by atoms with Crippen LogP contribution in [0.4, 0.5) is 0 Å². The van der Waals surface area contributed by atoms with Crippen LogP contribution >= 0.6 is 0 Å². The van der Waals surface area contributed by atoms with E-state index in [1.54, 1.807) is 18.4 Å². The minimum Gasteiger partial charge on any atom is -0.468 e. The first-order chi connectivity index (χ1) is 10.1. The molecular formula is C13H19N3O4S. The molecule has 2 atom stereocenters. The maximum absolute atomic E-state index is 12.5. The maximum Gasteiger partial charge on any atom is 0.280 e. The quantitative estimate of drug-likeness (QED) is 0.848. The number of rotatable bonds is 4. The Morgan fingerprint density at radius 2 is 2.24 bits per heavy atom. The van der Waals surface area contributed by atoms with Crippen molar-refractivity contribution in [3.8, 4) is 0 Å². The average Bonchev–Trinajstić information content (AvgIpc) is 3.11. The largest absolute Gasteiger partial charge is 0.468 e. The molecule has 3 heterocycles. The molecule has 0 spiro atoms. The summed E-state index contributed by atoms with van der Waals surface area (Å²) in [4.78, 5) is 11.1. The molecule has 116 valence electrons. The van der Waals surface area contributed by atoms with Gasteiger partial charge in [0.25, 0.3) is 10.2 Å². The second kappa shape index (κ2) is 5.78. The van der Waals surface area contributed by atoms with Gasteiger partial charge in [0, 0.05) is 25.6 Å². The van der Waals surface area contributed by atoms with Crippen LogP contribution in [0.5, 0.6) is 0 Å². The van der Waals surface area contributed by atoms with Crippen molar-refractivity contribution < 1.29 is 17.6 Å². The number of nitrogens with one attached hydrogen (secondary N) is 2. The summed E-state index contributed by atoms with van der Waals surface area (Å²) in [5, 5.41) is 2.68. The van der Waals surface area contributed by atoms with Crippen molar-refractivity contribution in [3.05, 3.63) is 24.2 Å². The van der Waals surface area contributed by atoms with E-state index in [9.17, 15) is 13.2 Å². The fourth-order valence-corrected chi connectivity index (χ4v) is 4.58. The molecule has 0 radical (unpaired) electrons. The molecule has 0 saturated carbocycles. The third kappa shape index (κ3) is 3.12. The average molecular weight is 313 g/mol. The van der Waals surface area contributed by atoms with E-state index in [4.69, 9.17) is 4.42 Å². The molecule has 1 aromatic heterocycles. The highest BCUT2D eigenvalue weighted by atomic mass is 32.2. The number of hydrogen-bond donors (Lipinski definition) is 2. The number of nitrogens with zero attached hydrogens (tertiary/aromatic N) is 1. The molecule has 7 nitrogen and oxygen atoms in total. The minimum atomic E-state index is -3.58. The van der Waals surface area contributed by atoms with Crippen molar-refractivity contribution in [2.75, 3.05) is 13.1 Å². The van der Waals surface area contributed by atoms with Crippen LogP contribution in [0.25, 0.3) is 0 Å². The highest BCUT2D eigenvalue weighted by Crippen LogP contribution is 2.34. The van der Waals surface area contributed by atoms with Crippen LogP contribution < -0.4 is 10.0 Å². The summed E-state index contributed by atoms with van der Waals surface area (Å²) < 4.78 is 34.6. The third-order valence-corrected chi connectivity index (χ3v) is 5.65. The second-order valence-electron chi connectivity index (χ2n) is 5.45. The Hall–Kier alpha value is -1.38. The van der Waals surface area contributed by atoms with Crippen LogP contribution in [0.3, 0.4) is 0 Å². The van der Waals surface area contributed by atoms with Crippen LogP contribution in [-0.2, 0) is 15.0 Å². The molecule has 0 aromatic carbocycles. The zero-order valence-electron chi connectivity index (χ0n) is 11.6. The first-order valence-corrected chi connectivity index (χ1v) is 8.59. The molecule has 0 unspecified atom stereocenters. The van der Waals surface area contributed by atoms with Crippen molar-refractivity contribution in [1.82, 2.24) is 14.3 Å². The van der Waals surface area contributed by atoms with E-state index in [2.05, 4.69) is 10.0 Å². The van der Waals surface area contributed by atoms with Gasteiger partial charge in [-0.1, -0.05) is 0 Å². The van der Waals surface area contributed by atoms with E-state index in [1.807, 2.05) is 0 Å². The molecule has 21 heavy (non-hydrogen) atoms. The van der Waals surface area contributed by atoms with E-state index in [0.29, 0.717) is 31.7 Å². The van der Waals surface area contributed by atoms with Crippen molar-refractivity contribution >= 4 is 16.1 Å². The molecular weight excluding hydrogens is 294 g/mol. The van der Waals surface area contributed by atoms with Crippen LogP contribution in [-0.4, -0.2) is 37.8 Å². The highest BCUT2D eigenvalue weighted by Gasteiger charge is 2.38. The molecule has 0 aliphatic carbocycles. The van der Waals surface area contributed by atoms with Crippen LogP contribution in [0.2, 0.25) is 0 Å².